The molecule has 0 bridgehead atoms. The topological polar surface area (TPSA) is 91.2 Å². The highest BCUT2D eigenvalue weighted by atomic mass is 32.1. The van der Waals surface area contributed by atoms with Gasteiger partial charge in [-0.05, 0) is 62.7 Å². The van der Waals surface area contributed by atoms with Crippen LogP contribution < -0.4 is 5.32 Å². The van der Waals surface area contributed by atoms with Crippen molar-refractivity contribution in [3.05, 3.63) is 59.9 Å². The second-order valence-electron chi connectivity index (χ2n) is 7.19. The lowest BCUT2D eigenvalue weighted by Crippen LogP contribution is -2.24. The number of aryl methyl sites for hydroxylation is 1. The van der Waals surface area contributed by atoms with Crippen molar-refractivity contribution in [1.29, 1.82) is 0 Å². The van der Waals surface area contributed by atoms with Crippen LogP contribution >= 0.6 is 11.3 Å². The first-order valence-corrected chi connectivity index (χ1v) is 11.3. The van der Waals surface area contributed by atoms with Crippen molar-refractivity contribution in [3.63, 3.8) is 0 Å². The number of hydrogen-bond acceptors (Lipinski definition) is 7. The summed E-state index contributed by atoms with van der Waals surface area (Å²) in [6, 6.07) is 13.9. The molecule has 1 amide bonds. The number of rotatable bonds is 9. The molecule has 0 spiro atoms. The van der Waals surface area contributed by atoms with Crippen molar-refractivity contribution >= 4 is 33.1 Å². The van der Waals surface area contributed by atoms with Gasteiger partial charge in [-0.3, -0.25) is 4.79 Å². The van der Waals surface area contributed by atoms with Gasteiger partial charge < -0.3 is 14.8 Å². The van der Waals surface area contributed by atoms with E-state index in [9.17, 15) is 4.79 Å². The van der Waals surface area contributed by atoms with Gasteiger partial charge in [-0.25, -0.2) is 9.67 Å². The summed E-state index contributed by atoms with van der Waals surface area (Å²) in [5.41, 5.74) is 4.11. The maximum Gasteiger partial charge on any atom is 0.277 e. The molecule has 2 heterocycles. The minimum Gasteiger partial charge on any atom is -0.351 e. The van der Waals surface area contributed by atoms with Crippen LogP contribution in [0.2, 0.25) is 0 Å². The van der Waals surface area contributed by atoms with E-state index >= 15 is 0 Å². The van der Waals surface area contributed by atoms with Gasteiger partial charge in [0, 0.05) is 24.5 Å². The number of hydrogen-bond donors (Lipinski definition) is 1. The molecule has 0 saturated carbocycles. The number of anilines is 1. The second kappa shape index (κ2) is 9.99. The molecule has 1 N–H and O–H groups in total. The van der Waals surface area contributed by atoms with E-state index in [-0.39, 0.29) is 11.6 Å². The van der Waals surface area contributed by atoms with Gasteiger partial charge in [0.1, 0.15) is 5.01 Å². The van der Waals surface area contributed by atoms with Crippen molar-refractivity contribution < 1.29 is 14.3 Å². The third-order valence-corrected chi connectivity index (χ3v) is 5.81. The summed E-state index contributed by atoms with van der Waals surface area (Å²) in [5.74, 6) is -0.330. The average Bonchev–Trinajstić information content (AvgIpc) is 3.41. The predicted octanol–water partition coefficient (Wildman–Crippen LogP) is 4.51. The maximum absolute atomic E-state index is 12.6. The average molecular weight is 452 g/mol. The fraction of sp³-hybridized carbons (Fsp3) is 0.304. The fourth-order valence-electron chi connectivity index (χ4n) is 3.22. The maximum atomic E-state index is 12.6. The minimum atomic E-state index is -0.429. The van der Waals surface area contributed by atoms with Gasteiger partial charge in [-0.15, -0.1) is 16.4 Å². The number of carbonyl (C=O) groups excluding carboxylic acids is 1. The molecular formula is C23H25N5O3S. The Morgan fingerprint density at radius 2 is 1.88 bits per heavy atom. The zero-order valence-corrected chi connectivity index (χ0v) is 19.1. The molecule has 0 radical (unpaired) electrons. The lowest BCUT2D eigenvalue weighted by Gasteiger charge is -2.16. The number of ether oxygens (including phenoxy) is 2. The van der Waals surface area contributed by atoms with E-state index in [1.54, 1.807) is 22.2 Å². The van der Waals surface area contributed by atoms with E-state index in [1.165, 1.54) is 5.56 Å². The van der Waals surface area contributed by atoms with Crippen LogP contribution in [0.1, 0.15) is 29.9 Å². The van der Waals surface area contributed by atoms with E-state index in [2.05, 4.69) is 34.7 Å². The third kappa shape index (κ3) is 5.18. The highest BCUT2D eigenvalue weighted by Gasteiger charge is 2.15. The third-order valence-electron chi connectivity index (χ3n) is 4.75. The second-order valence-corrected chi connectivity index (χ2v) is 8.22. The fourth-order valence-corrected chi connectivity index (χ4v) is 4.29. The Labute approximate surface area is 190 Å². The predicted molar refractivity (Wildman–Crippen MR) is 125 cm³/mol. The summed E-state index contributed by atoms with van der Waals surface area (Å²) in [6.07, 6.45) is 1.15. The Bertz CT molecular complexity index is 1200. The molecule has 0 aliphatic rings. The Balaban J connectivity index is 1.41. The first-order valence-electron chi connectivity index (χ1n) is 10.5. The lowest BCUT2D eigenvalue weighted by atomic mass is 10.2. The normalized spacial score (nSPS) is 11.4. The van der Waals surface area contributed by atoms with Gasteiger partial charge in [-0.2, -0.15) is 0 Å². The SMILES string of the molecule is CCOC(Cn1cc(C(=O)Nc2ccc(-c3nc4ccc(C)cc4s3)cc2)nn1)OCC. The highest BCUT2D eigenvalue weighted by Crippen LogP contribution is 2.31. The molecule has 0 saturated heterocycles. The van der Waals surface area contributed by atoms with Crippen LogP contribution in [0.5, 0.6) is 0 Å². The molecule has 2 aromatic heterocycles. The van der Waals surface area contributed by atoms with Crippen LogP contribution in [-0.2, 0) is 16.0 Å². The number of carbonyl (C=O) groups is 1. The minimum absolute atomic E-state index is 0.224. The molecule has 4 aromatic rings. The Morgan fingerprint density at radius 1 is 1.12 bits per heavy atom. The monoisotopic (exact) mass is 451 g/mol. The Kier molecular flexibility index (Phi) is 6.89. The largest absolute Gasteiger partial charge is 0.351 e. The van der Waals surface area contributed by atoms with E-state index < -0.39 is 6.29 Å². The van der Waals surface area contributed by atoms with Crippen molar-refractivity contribution in [1.82, 2.24) is 20.0 Å². The molecule has 0 aliphatic carbocycles. The first-order chi connectivity index (χ1) is 15.6. The summed E-state index contributed by atoms with van der Waals surface area (Å²) in [6.45, 7) is 7.28. The molecule has 0 fully saturated rings. The number of fused-ring (bicyclic) bond motifs is 1. The standard InChI is InChI=1S/C23H25N5O3S/c1-4-30-21(31-5-2)14-28-13-19(26-27-28)22(29)24-17-9-7-16(8-10-17)23-25-18-11-6-15(3)12-20(18)32-23/h6-13,21H,4-5,14H2,1-3H3,(H,24,29). The van der Waals surface area contributed by atoms with Crippen LogP contribution in [0.25, 0.3) is 20.8 Å². The summed E-state index contributed by atoms with van der Waals surface area (Å²) >= 11 is 1.66. The zero-order valence-electron chi connectivity index (χ0n) is 18.2. The van der Waals surface area contributed by atoms with Gasteiger partial charge in [-0.1, -0.05) is 11.3 Å². The van der Waals surface area contributed by atoms with Gasteiger partial charge in [0.05, 0.1) is 23.0 Å². The van der Waals surface area contributed by atoms with Crippen molar-refractivity contribution in [2.75, 3.05) is 18.5 Å². The molecule has 4 rings (SSSR count). The smallest absolute Gasteiger partial charge is 0.277 e. The summed E-state index contributed by atoms with van der Waals surface area (Å²) in [7, 11) is 0. The number of nitrogens with zero attached hydrogens (tertiary/aromatic N) is 4. The first kappa shape index (κ1) is 22.1. The van der Waals surface area contributed by atoms with Crippen LogP contribution in [0.4, 0.5) is 5.69 Å². The molecule has 166 valence electrons. The number of nitrogens with one attached hydrogen (secondary N) is 1. The van der Waals surface area contributed by atoms with Gasteiger partial charge in [0.25, 0.3) is 5.91 Å². The summed E-state index contributed by atoms with van der Waals surface area (Å²) < 4.78 is 13.7. The van der Waals surface area contributed by atoms with Crippen molar-refractivity contribution in [3.8, 4) is 10.6 Å². The van der Waals surface area contributed by atoms with E-state index in [1.807, 2.05) is 44.2 Å². The molecule has 32 heavy (non-hydrogen) atoms. The summed E-state index contributed by atoms with van der Waals surface area (Å²) in [5, 5.41) is 11.8. The van der Waals surface area contributed by atoms with Crippen LogP contribution in [0.3, 0.4) is 0 Å². The lowest BCUT2D eigenvalue weighted by molar-refractivity contribution is -0.145. The number of amides is 1. The molecule has 0 aliphatic heterocycles. The Morgan fingerprint density at radius 3 is 2.59 bits per heavy atom. The number of benzene rings is 2. The Hall–Kier alpha value is -3.14. The van der Waals surface area contributed by atoms with Crippen LogP contribution in [0.15, 0.2) is 48.7 Å². The van der Waals surface area contributed by atoms with Crippen LogP contribution in [0, 0.1) is 6.92 Å². The van der Waals surface area contributed by atoms with Crippen LogP contribution in [-0.4, -0.2) is 45.4 Å². The molecular weight excluding hydrogens is 426 g/mol. The molecule has 0 atom stereocenters. The van der Waals surface area contributed by atoms with Gasteiger partial charge in [0.15, 0.2) is 12.0 Å². The van der Waals surface area contributed by atoms with Gasteiger partial charge in [0.2, 0.25) is 0 Å². The number of thiazole rings is 1. The van der Waals surface area contributed by atoms with E-state index in [0.717, 1.165) is 20.8 Å². The van der Waals surface area contributed by atoms with Crippen molar-refractivity contribution in [2.24, 2.45) is 0 Å². The molecule has 9 heteroatoms. The molecule has 8 nitrogen and oxygen atoms in total. The van der Waals surface area contributed by atoms with Crippen molar-refractivity contribution in [2.45, 2.75) is 33.6 Å². The molecule has 0 unspecified atom stereocenters. The zero-order chi connectivity index (χ0) is 22.5. The quantitative estimate of drug-likeness (QED) is 0.376. The van der Waals surface area contributed by atoms with E-state index in [0.29, 0.717) is 25.4 Å². The molecule has 2 aromatic carbocycles. The highest BCUT2D eigenvalue weighted by molar-refractivity contribution is 7.21. The summed E-state index contributed by atoms with van der Waals surface area (Å²) in [4.78, 5) is 17.3. The van der Waals surface area contributed by atoms with E-state index in [4.69, 9.17) is 14.5 Å². The van der Waals surface area contributed by atoms with Gasteiger partial charge >= 0.3 is 0 Å². The number of aromatic nitrogens is 4.